The van der Waals surface area contributed by atoms with Crippen LogP contribution in [0.1, 0.15) is 46.9 Å². The summed E-state index contributed by atoms with van der Waals surface area (Å²) in [4.78, 5) is 38.1. The second kappa shape index (κ2) is 7.75. The highest BCUT2D eigenvalue weighted by molar-refractivity contribution is 7.86. The highest BCUT2D eigenvalue weighted by Crippen LogP contribution is 2.40. The Balaban J connectivity index is 1.46. The van der Waals surface area contributed by atoms with Gasteiger partial charge in [-0.15, -0.1) is 9.35 Å². The monoisotopic (exact) mass is 471 g/mol. The van der Waals surface area contributed by atoms with Crippen molar-refractivity contribution in [2.75, 3.05) is 5.75 Å². The van der Waals surface area contributed by atoms with Crippen LogP contribution < -0.4 is 4.74 Å². The second-order valence-corrected chi connectivity index (χ2v) is 10.2. The summed E-state index contributed by atoms with van der Waals surface area (Å²) < 4.78 is 41.5. The average Bonchev–Trinajstić information content (AvgIpc) is 3.37. The molecule has 33 heavy (non-hydrogen) atoms. The fourth-order valence-corrected chi connectivity index (χ4v) is 6.00. The van der Waals surface area contributed by atoms with Gasteiger partial charge in [-0.1, -0.05) is 18.7 Å². The average molecular weight is 471 g/mol. The van der Waals surface area contributed by atoms with Crippen LogP contribution >= 0.6 is 0 Å². The quantitative estimate of drug-likeness (QED) is 0.273. The molecule has 10 heteroatoms. The van der Waals surface area contributed by atoms with Crippen LogP contribution in [-0.4, -0.2) is 49.2 Å². The second-order valence-electron chi connectivity index (χ2n) is 8.62. The zero-order valence-electron chi connectivity index (χ0n) is 17.8. The number of esters is 1. The molecule has 9 nitrogen and oxygen atoms in total. The third kappa shape index (κ3) is 3.84. The van der Waals surface area contributed by atoms with E-state index in [1.165, 1.54) is 25.1 Å². The predicted octanol–water partition coefficient (Wildman–Crippen LogP) is 2.75. The van der Waals surface area contributed by atoms with Crippen LogP contribution in [0.4, 0.5) is 0 Å². The summed E-state index contributed by atoms with van der Waals surface area (Å²) in [7, 11) is -4.26. The zero-order chi connectivity index (χ0) is 23.5. The van der Waals surface area contributed by atoms with Crippen molar-refractivity contribution >= 4 is 38.7 Å². The maximum absolute atomic E-state index is 13.2. The van der Waals surface area contributed by atoms with E-state index in [4.69, 9.17) is 13.8 Å². The van der Waals surface area contributed by atoms with Crippen LogP contribution in [0.3, 0.4) is 0 Å². The number of amides is 2. The molecule has 3 unspecified atom stereocenters. The third-order valence-electron chi connectivity index (χ3n) is 6.18. The van der Waals surface area contributed by atoms with E-state index in [0.29, 0.717) is 17.2 Å². The van der Waals surface area contributed by atoms with E-state index >= 15 is 0 Å². The van der Waals surface area contributed by atoms with Crippen LogP contribution in [0.5, 0.6) is 5.75 Å². The molecule has 2 saturated heterocycles. The van der Waals surface area contributed by atoms with Gasteiger partial charge in [-0.25, -0.2) is 4.79 Å². The minimum Gasteiger partial charge on any atom is -0.423 e. The number of benzene rings is 2. The largest absolute Gasteiger partial charge is 0.423 e. The molecule has 0 aromatic heterocycles. The fourth-order valence-electron chi connectivity index (χ4n) is 4.70. The summed E-state index contributed by atoms with van der Waals surface area (Å²) in [5.41, 5.74) is 0.267. The van der Waals surface area contributed by atoms with Gasteiger partial charge >= 0.3 is 5.97 Å². The fraction of sp³-hybridized carbons (Fsp3) is 0.348. The summed E-state index contributed by atoms with van der Waals surface area (Å²) in [5, 5.41) is 1.09. The first kappa shape index (κ1) is 21.7. The highest BCUT2D eigenvalue weighted by atomic mass is 32.2. The Morgan fingerprint density at radius 1 is 1.18 bits per heavy atom. The first-order valence-electron chi connectivity index (χ1n) is 10.5. The number of carbonyl (C=O) groups is 3. The Labute approximate surface area is 190 Å². The van der Waals surface area contributed by atoms with E-state index in [-0.39, 0.29) is 51.4 Å². The van der Waals surface area contributed by atoms with E-state index in [1.54, 1.807) is 12.1 Å². The number of fused-ring (bicyclic) bond motifs is 2. The molecular formula is C23H21NO8S. The molecule has 0 saturated carbocycles. The Morgan fingerprint density at radius 3 is 2.61 bits per heavy atom. The van der Waals surface area contributed by atoms with Crippen molar-refractivity contribution in [3.05, 3.63) is 53.6 Å². The van der Waals surface area contributed by atoms with E-state index in [1.807, 2.05) is 0 Å². The zero-order valence-corrected chi connectivity index (χ0v) is 18.6. The molecule has 2 aromatic carbocycles. The molecule has 3 aliphatic heterocycles. The van der Waals surface area contributed by atoms with Gasteiger partial charge in [0.15, 0.2) is 0 Å². The third-order valence-corrected chi connectivity index (χ3v) is 7.39. The summed E-state index contributed by atoms with van der Waals surface area (Å²) in [6.45, 7) is 5.01. The molecule has 0 aliphatic carbocycles. The summed E-state index contributed by atoms with van der Waals surface area (Å²) in [5.74, 6) is -3.04. The van der Waals surface area contributed by atoms with Crippen LogP contribution in [0.15, 0.2) is 42.5 Å². The summed E-state index contributed by atoms with van der Waals surface area (Å²) >= 11 is 0. The van der Waals surface area contributed by atoms with E-state index in [2.05, 4.69) is 6.58 Å². The molecule has 5 rings (SSSR count). The maximum atomic E-state index is 13.2. The minimum atomic E-state index is -4.26. The van der Waals surface area contributed by atoms with Crippen molar-refractivity contribution in [2.45, 2.75) is 38.4 Å². The molecule has 3 heterocycles. The molecule has 0 radical (unpaired) electrons. The molecule has 0 N–H and O–H groups in total. The Bertz CT molecular complexity index is 1330. The number of nitrogens with zero attached hydrogens (tertiary/aromatic N) is 1. The molecule has 3 atom stereocenters. The lowest BCUT2D eigenvalue weighted by molar-refractivity contribution is -0.130. The lowest BCUT2D eigenvalue weighted by Gasteiger charge is -2.26. The highest BCUT2D eigenvalue weighted by Gasteiger charge is 2.44. The van der Waals surface area contributed by atoms with Gasteiger partial charge in [0, 0.05) is 16.9 Å². The Morgan fingerprint density at radius 2 is 1.94 bits per heavy atom. The van der Waals surface area contributed by atoms with Crippen molar-refractivity contribution in [1.82, 2.24) is 5.06 Å². The molecule has 172 valence electrons. The smallest absolute Gasteiger partial charge is 0.338 e. The van der Waals surface area contributed by atoms with Gasteiger partial charge in [0.05, 0.1) is 29.1 Å². The van der Waals surface area contributed by atoms with Crippen molar-refractivity contribution < 1.29 is 36.6 Å². The standard InChI is InChI=1S/C23H21NO8S/c1-12(2)23(27)31-16-8-13-4-3-5-17-20(13)18(10-16)22(26)24(21(17)25)32-33(28,29)11-14-9-15-6-7-19(14)30-15/h3-5,8,10,14-15,19H,1,6-7,9,11H2,2H3. The number of hydrogen-bond donors (Lipinski definition) is 0. The Hall–Kier alpha value is -3.08. The number of carbonyl (C=O) groups excluding carboxylic acids is 3. The predicted molar refractivity (Wildman–Crippen MR) is 116 cm³/mol. The molecule has 0 spiro atoms. The number of ether oxygens (including phenoxy) is 2. The number of hydrogen-bond acceptors (Lipinski definition) is 8. The van der Waals surface area contributed by atoms with Gasteiger partial charge in [0.25, 0.3) is 21.9 Å². The van der Waals surface area contributed by atoms with E-state index < -0.39 is 27.9 Å². The molecule has 3 aliphatic rings. The number of rotatable bonds is 6. The first-order chi connectivity index (χ1) is 15.6. The molecular weight excluding hydrogens is 450 g/mol. The van der Waals surface area contributed by atoms with Gasteiger partial charge in [-0.3, -0.25) is 9.59 Å². The normalized spacial score (nSPS) is 23.9. The maximum Gasteiger partial charge on any atom is 0.338 e. The van der Waals surface area contributed by atoms with E-state index in [9.17, 15) is 22.8 Å². The minimum absolute atomic E-state index is 0.00864. The van der Waals surface area contributed by atoms with Gasteiger partial charge < -0.3 is 9.47 Å². The summed E-state index contributed by atoms with van der Waals surface area (Å²) in [6, 6.07) is 7.52. The lowest BCUT2D eigenvalue weighted by atomic mass is 9.91. The van der Waals surface area contributed by atoms with Gasteiger partial charge in [0.1, 0.15) is 5.75 Å². The molecule has 2 bridgehead atoms. The molecule has 2 fully saturated rings. The van der Waals surface area contributed by atoms with Crippen molar-refractivity contribution in [3.8, 4) is 5.75 Å². The van der Waals surface area contributed by atoms with Crippen molar-refractivity contribution in [3.63, 3.8) is 0 Å². The van der Waals surface area contributed by atoms with E-state index in [0.717, 1.165) is 12.8 Å². The number of imide groups is 1. The van der Waals surface area contributed by atoms with Crippen LogP contribution in [0.2, 0.25) is 0 Å². The topological polar surface area (TPSA) is 116 Å². The molecule has 2 amide bonds. The van der Waals surface area contributed by atoms with Crippen LogP contribution in [-0.2, 0) is 23.9 Å². The summed E-state index contributed by atoms with van der Waals surface area (Å²) in [6.07, 6.45) is 2.20. The van der Waals surface area contributed by atoms with Crippen LogP contribution in [0, 0.1) is 5.92 Å². The first-order valence-corrected chi connectivity index (χ1v) is 12.1. The lowest BCUT2D eigenvalue weighted by Crippen LogP contribution is -2.43. The van der Waals surface area contributed by atoms with Crippen molar-refractivity contribution in [1.29, 1.82) is 0 Å². The van der Waals surface area contributed by atoms with Gasteiger partial charge in [-0.2, -0.15) is 8.42 Å². The van der Waals surface area contributed by atoms with Crippen LogP contribution in [0.25, 0.3) is 10.8 Å². The van der Waals surface area contributed by atoms with Gasteiger partial charge in [-0.05, 0) is 49.8 Å². The Kier molecular flexibility index (Phi) is 5.11. The number of hydroxylamine groups is 2. The van der Waals surface area contributed by atoms with Gasteiger partial charge in [0.2, 0.25) is 0 Å². The molecule has 2 aromatic rings. The SMILES string of the molecule is C=C(C)C(=O)Oc1cc2c3c(cccc3c1)C(=O)N(OS(=O)(=O)CC1CC3CCC1O3)C2=O. The van der Waals surface area contributed by atoms with Crippen molar-refractivity contribution in [2.24, 2.45) is 5.92 Å².